The molecular formula is C21H27N3O3. The molecule has 27 heavy (non-hydrogen) atoms. The Bertz CT molecular complexity index is 786. The Kier molecular flexibility index (Phi) is 6.16. The van der Waals surface area contributed by atoms with Crippen molar-refractivity contribution in [2.75, 3.05) is 25.5 Å². The van der Waals surface area contributed by atoms with Crippen LogP contribution in [0.3, 0.4) is 0 Å². The number of pyridine rings is 1. The summed E-state index contributed by atoms with van der Waals surface area (Å²) in [6.45, 7) is 6.14. The zero-order chi connectivity index (χ0) is 19.2. The molecule has 2 aromatic rings. The second kappa shape index (κ2) is 8.75. The number of ether oxygens (including phenoxy) is 2. The van der Waals surface area contributed by atoms with Gasteiger partial charge in [-0.2, -0.15) is 0 Å². The molecular weight excluding hydrogens is 342 g/mol. The van der Waals surface area contributed by atoms with Crippen LogP contribution in [0.25, 0.3) is 0 Å². The first-order valence-corrected chi connectivity index (χ1v) is 9.40. The molecule has 2 heterocycles. The van der Waals surface area contributed by atoms with Gasteiger partial charge in [0.05, 0.1) is 18.8 Å². The van der Waals surface area contributed by atoms with Crippen molar-refractivity contribution in [2.24, 2.45) is 0 Å². The lowest BCUT2D eigenvalue weighted by Gasteiger charge is -2.18. The van der Waals surface area contributed by atoms with Crippen molar-refractivity contribution < 1.29 is 14.3 Å². The lowest BCUT2D eigenvalue weighted by Crippen LogP contribution is -2.28. The highest BCUT2D eigenvalue weighted by molar-refractivity contribution is 5.98. The number of nitrogens with zero attached hydrogens (tertiary/aromatic N) is 2. The molecule has 0 saturated carbocycles. The maximum atomic E-state index is 12.7. The Balaban J connectivity index is 1.72. The van der Waals surface area contributed by atoms with Crippen molar-refractivity contribution >= 4 is 11.7 Å². The molecule has 1 aromatic carbocycles. The zero-order valence-electron chi connectivity index (χ0n) is 16.2. The molecule has 6 heteroatoms. The SMILES string of the molecule is COc1cc(CNc2ncccc2C(=O)N2CCCC2)ccc1OC(C)C. The highest BCUT2D eigenvalue weighted by Gasteiger charge is 2.22. The fourth-order valence-corrected chi connectivity index (χ4v) is 3.17. The Labute approximate surface area is 160 Å². The third-order valence-electron chi connectivity index (χ3n) is 4.48. The molecule has 3 rings (SSSR count). The molecule has 1 amide bonds. The van der Waals surface area contributed by atoms with Crippen molar-refractivity contribution in [3.8, 4) is 11.5 Å². The maximum absolute atomic E-state index is 12.7. The minimum atomic E-state index is 0.0429. The number of rotatable bonds is 7. The molecule has 0 bridgehead atoms. The first-order valence-electron chi connectivity index (χ1n) is 9.40. The van der Waals surface area contributed by atoms with E-state index in [1.165, 1.54) is 0 Å². The molecule has 1 fully saturated rings. The lowest BCUT2D eigenvalue weighted by atomic mass is 10.2. The third kappa shape index (κ3) is 4.70. The van der Waals surface area contributed by atoms with Crippen LogP contribution in [-0.4, -0.2) is 42.1 Å². The van der Waals surface area contributed by atoms with E-state index in [0.717, 1.165) is 37.2 Å². The van der Waals surface area contributed by atoms with Gasteiger partial charge in [-0.1, -0.05) is 6.07 Å². The fourth-order valence-electron chi connectivity index (χ4n) is 3.17. The number of nitrogens with one attached hydrogen (secondary N) is 1. The number of hydrogen-bond donors (Lipinski definition) is 1. The number of carbonyl (C=O) groups is 1. The molecule has 0 radical (unpaired) electrons. The molecule has 0 unspecified atom stereocenters. The van der Waals surface area contributed by atoms with Crippen molar-refractivity contribution in [2.45, 2.75) is 39.3 Å². The lowest BCUT2D eigenvalue weighted by molar-refractivity contribution is 0.0793. The topological polar surface area (TPSA) is 63.7 Å². The molecule has 1 N–H and O–H groups in total. The van der Waals surface area contributed by atoms with E-state index in [1.54, 1.807) is 19.4 Å². The van der Waals surface area contributed by atoms with Gasteiger partial charge in [0, 0.05) is 25.8 Å². The first-order chi connectivity index (χ1) is 13.1. The summed E-state index contributed by atoms with van der Waals surface area (Å²) >= 11 is 0. The van der Waals surface area contributed by atoms with Gasteiger partial charge >= 0.3 is 0 Å². The first kappa shape index (κ1) is 19.0. The maximum Gasteiger partial charge on any atom is 0.257 e. The predicted molar refractivity (Wildman–Crippen MR) is 105 cm³/mol. The van der Waals surface area contributed by atoms with Crippen molar-refractivity contribution in [3.63, 3.8) is 0 Å². The average Bonchev–Trinajstić information content (AvgIpc) is 3.21. The largest absolute Gasteiger partial charge is 0.493 e. The Morgan fingerprint density at radius 3 is 2.70 bits per heavy atom. The summed E-state index contributed by atoms with van der Waals surface area (Å²) in [5.41, 5.74) is 1.64. The van der Waals surface area contributed by atoms with Crippen LogP contribution in [0.2, 0.25) is 0 Å². The number of aromatic nitrogens is 1. The Hall–Kier alpha value is -2.76. The standard InChI is InChI=1S/C21H27N3O3/c1-15(2)27-18-9-8-16(13-19(18)26-3)14-23-20-17(7-6-10-22-20)21(25)24-11-4-5-12-24/h6-10,13,15H,4-5,11-12,14H2,1-3H3,(H,22,23). The van der Waals surface area contributed by atoms with Gasteiger partial charge in [0.15, 0.2) is 11.5 Å². The summed E-state index contributed by atoms with van der Waals surface area (Å²) in [5, 5.41) is 3.29. The molecule has 0 spiro atoms. The summed E-state index contributed by atoms with van der Waals surface area (Å²) < 4.78 is 11.2. The highest BCUT2D eigenvalue weighted by atomic mass is 16.5. The third-order valence-corrected chi connectivity index (χ3v) is 4.48. The molecule has 144 valence electrons. The van der Waals surface area contributed by atoms with Gasteiger partial charge in [-0.05, 0) is 56.5 Å². The van der Waals surface area contributed by atoms with Gasteiger partial charge in [0.1, 0.15) is 5.82 Å². The summed E-state index contributed by atoms with van der Waals surface area (Å²) in [7, 11) is 1.63. The minimum absolute atomic E-state index is 0.0429. The van der Waals surface area contributed by atoms with Crippen LogP contribution in [-0.2, 0) is 6.54 Å². The van der Waals surface area contributed by atoms with Crippen LogP contribution in [0.1, 0.15) is 42.6 Å². The van der Waals surface area contributed by atoms with Crippen LogP contribution in [0.5, 0.6) is 11.5 Å². The quantitative estimate of drug-likeness (QED) is 0.806. The van der Waals surface area contributed by atoms with E-state index in [-0.39, 0.29) is 12.0 Å². The van der Waals surface area contributed by atoms with E-state index in [1.807, 2.05) is 43.0 Å². The normalized spacial score (nSPS) is 13.7. The minimum Gasteiger partial charge on any atom is -0.493 e. The van der Waals surface area contributed by atoms with Crippen LogP contribution in [0.4, 0.5) is 5.82 Å². The number of benzene rings is 1. The number of likely N-dealkylation sites (tertiary alicyclic amines) is 1. The predicted octanol–water partition coefficient (Wildman–Crippen LogP) is 3.73. The second-order valence-electron chi connectivity index (χ2n) is 6.90. The summed E-state index contributed by atoms with van der Waals surface area (Å²) in [6.07, 6.45) is 3.91. The van der Waals surface area contributed by atoms with Crippen molar-refractivity contribution in [1.82, 2.24) is 9.88 Å². The van der Waals surface area contributed by atoms with Crippen LogP contribution in [0, 0.1) is 0 Å². The number of amides is 1. The molecule has 6 nitrogen and oxygen atoms in total. The van der Waals surface area contributed by atoms with Crippen molar-refractivity contribution in [1.29, 1.82) is 0 Å². The molecule has 1 aliphatic rings. The number of carbonyl (C=O) groups excluding carboxylic acids is 1. The van der Waals surface area contributed by atoms with E-state index >= 15 is 0 Å². The number of anilines is 1. The van der Waals surface area contributed by atoms with Gasteiger partial charge in [0.2, 0.25) is 0 Å². The number of methoxy groups -OCH3 is 1. The van der Waals surface area contributed by atoms with Gasteiger partial charge < -0.3 is 19.7 Å². The van der Waals surface area contributed by atoms with E-state index in [4.69, 9.17) is 9.47 Å². The van der Waals surface area contributed by atoms with E-state index < -0.39 is 0 Å². The molecule has 0 aliphatic carbocycles. The van der Waals surface area contributed by atoms with E-state index in [9.17, 15) is 4.79 Å². The van der Waals surface area contributed by atoms with E-state index in [2.05, 4.69) is 10.3 Å². The average molecular weight is 369 g/mol. The Morgan fingerprint density at radius 1 is 1.22 bits per heavy atom. The number of hydrogen-bond acceptors (Lipinski definition) is 5. The van der Waals surface area contributed by atoms with Gasteiger partial charge in [-0.3, -0.25) is 4.79 Å². The highest BCUT2D eigenvalue weighted by Crippen LogP contribution is 2.29. The van der Waals surface area contributed by atoms with Crippen LogP contribution in [0.15, 0.2) is 36.5 Å². The summed E-state index contributed by atoms with van der Waals surface area (Å²) in [4.78, 5) is 19.0. The van der Waals surface area contributed by atoms with E-state index in [0.29, 0.717) is 23.7 Å². The molecule has 0 atom stereocenters. The van der Waals surface area contributed by atoms with Gasteiger partial charge in [-0.25, -0.2) is 4.98 Å². The monoisotopic (exact) mass is 369 g/mol. The molecule has 1 aliphatic heterocycles. The smallest absolute Gasteiger partial charge is 0.257 e. The van der Waals surface area contributed by atoms with Gasteiger partial charge in [-0.15, -0.1) is 0 Å². The van der Waals surface area contributed by atoms with Crippen LogP contribution >= 0.6 is 0 Å². The van der Waals surface area contributed by atoms with Gasteiger partial charge in [0.25, 0.3) is 5.91 Å². The van der Waals surface area contributed by atoms with Crippen LogP contribution < -0.4 is 14.8 Å². The summed E-state index contributed by atoms with van der Waals surface area (Å²) in [5.74, 6) is 2.06. The second-order valence-corrected chi connectivity index (χ2v) is 6.90. The zero-order valence-corrected chi connectivity index (χ0v) is 16.2. The molecule has 1 saturated heterocycles. The fraction of sp³-hybridized carbons (Fsp3) is 0.429. The van der Waals surface area contributed by atoms with Crippen molar-refractivity contribution in [3.05, 3.63) is 47.7 Å². The molecule has 1 aromatic heterocycles. The Morgan fingerprint density at radius 2 is 2.00 bits per heavy atom. The summed E-state index contributed by atoms with van der Waals surface area (Å²) in [6, 6.07) is 9.46.